The van der Waals surface area contributed by atoms with Crippen molar-refractivity contribution >= 4 is 11.6 Å². The second-order valence-electron chi connectivity index (χ2n) is 7.15. The van der Waals surface area contributed by atoms with Gasteiger partial charge < -0.3 is 9.80 Å². The lowest BCUT2D eigenvalue weighted by atomic mass is 9.89. The van der Waals surface area contributed by atoms with Gasteiger partial charge in [0, 0.05) is 31.9 Å². The monoisotopic (exact) mass is 299 g/mol. The first kappa shape index (κ1) is 14.2. The molecule has 118 valence electrons. The number of piperidine rings is 1. The summed E-state index contributed by atoms with van der Waals surface area (Å²) in [5, 5.41) is 0. The van der Waals surface area contributed by atoms with Crippen LogP contribution in [-0.4, -0.2) is 61.5 Å². The number of hydrogen-bond acceptors (Lipinski definition) is 3. The minimum atomic E-state index is 0.108. The summed E-state index contributed by atoms with van der Waals surface area (Å²) in [5.41, 5.74) is 1.05. The maximum absolute atomic E-state index is 12.8. The van der Waals surface area contributed by atoms with Crippen LogP contribution in [0.2, 0.25) is 0 Å². The fourth-order valence-corrected chi connectivity index (χ4v) is 4.51. The molecule has 1 aromatic carbocycles. The van der Waals surface area contributed by atoms with Crippen molar-refractivity contribution in [1.82, 2.24) is 9.80 Å². The number of likely N-dealkylation sites (tertiary alicyclic amines) is 2. The van der Waals surface area contributed by atoms with Gasteiger partial charge in [0.25, 0.3) is 0 Å². The van der Waals surface area contributed by atoms with Gasteiger partial charge >= 0.3 is 0 Å². The highest BCUT2D eigenvalue weighted by Crippen LogP contribution is 2.34. The zero-order valence-corrected chi connectivity index (χ0v) is 13.3. The van der Waals surface area contributed by atoms with E-state index in [2.05, 4.69) is 16.8 Å². The Labute approximate surface area is 132 Å². The van der Waals surface area contributed by atoms with Gasteiger partial charge in [-0.3, -0.25) is 9.69 Å². The third kappa shape index (κ3) is 2.44. The molecule has 3 saturated heterocycles. The zero-order valence-electron chi connectivity index (χ0n) is 13.3. The molecule has 3 fully saturated rings. The summed E-state index contributed by atoms with van der Waals surface area (Å²) in [6.45, 7) is 5.50. The van der Waals surface area contributed by atoms with Crippen LogP contribution in [0, 0.1) is 11.8 Å². The highest BCUT2D eigenvalue weighted by atomic mass is 16.2. The van der Waals surface area contributed by atoms with Crippen molar-refractivity contribution in [2.75, 3.05) is 44.7 Å². The van der Waals surface area contributed by atoms with E-state index in [0.717, 1.165) is 43.6 Å². The van der Waals surface area contributed by atoms with Crippen LogP contribution in [0.5, 0.6) is 0 Å². The van der Waals surface area contributed by atoms with E-state index < -0.39 is 0 Å². The molecule has 3 atom stereocenters. The molecule has 0 spiro atoms. The summed E-state index contributed by atoms with van der Waals surface area (Å²) in [6, 6.07) is 10.2. The lowest BCUT2D eigenvalue weighted by Crippen LogP contribution is -2.41. The second-order valence-corrected chi connectivity index (χ2v) is 7.15. The number of anilines is 1. The van der Waals surface area contributed by atoms with E-state index in [1.807, 2.05) is 35.2 Å². The highest BCUT2D eigenvalue weighted by Gasteiger charge is 2.43. The van der Waals surface area contributed by atoms with E-state index in [1.165, 1.54) is 19.5 Å². The minimum Gasteiger partial charge on any atom is -0.311 e. The van der Waals surface area contributed by atoms with E-state index in [9.17, 15) is 4.79 Å². The van der Waals surface area contributed by atoms with Gasteiger partial charge in [0.05, 0.1) is 6.04 Å². The van der Waals surface area contributed by atoms with Gasteiger partial charge in [-0.1, -0.05) is 18.2 Å². The molecule has 4 heteroatoms. The molecule has 0 aliphatic carbocycles. The van der Waals surface area contributed by atoms with Gasteiger partial charge in [0.2, 0.25) is 5.91 Å². The van der Waals surface area contributed by atoms with E-state index >= 15 is 0 Å². The van der Waals surface area contributed by atoms with Crippen LogP contribution in [0.25, 0.3) is 0 Å². The summed E-state index contributed by atoms with van der Waals surface area (Å²) < 4.78 is 0. The third-order valence-corrected chi connectivity index (χ3v) is 5.72. The molecular weight excluding hydrogens is 274 g/mol. The van der Waals surface area contributed by atoms with Gasteiger partial charge in [0.15, 0.2) is 0 Å². The van der Waals surface area contributed by atoms with Crippen molar-refractivity contribution in [1.29, 1.82) is 0 Å². The molecule has 0 radical (unpaired) electrons. The normalized spacial score (nSPS) is 33.4. The zero-order chi connectivity index (χ0) is 15.1. The topological polar surface area (TPSA) is 26.8 Å². The number of rotatable bonds is 2. The standard InChI is InChI=1S/C18H25N3O/c1-19-9-7-14-12-20(13-15(14)11-19)17-8-10-21(18(17)22)16-5-3-2-4-6-16/h2-6,14-15,17H,7-13H2,1H3/t14-,15+,17?/m0/s1. The van der Waals surface area contributed by atoms with E-state index in [0.29, 0.717) is 5.91 Å². The maximum atomic E-state index is 12.8. The molecule has 0 N–H and O–H groups in total. The first-order valence-corrected chi connectivity index (χ1v) is 8.51. The average Bonchev–Trinajstić information content (AvgIpc) is 3.10. The first-order chi connectivity index (χ1) is 10.7. The van der Waals surface area contributed by atoms with Crippen molar-refractivity contribution in [2.24, 2.45) is 11.8 Å². The summed E-state index contributed by atoms with van der Waals surface area (Å²) in [4.78, 5) is 19.7. The number of amides is 1. The first-order valence-electron chi connectivity index (χ1n) is 8.51. The lowest BCUT2D eigenvalue weighted by molar-refractivity contribution is -0.121. The minimum absolute atomic E-state index is 0.108. The summed E-state index contributed by atoms with van der Waals surface area (Å²) in [6.07, 6.45) is 2.27. The predicted octanol–water partition coefficient (Wildman–Crippen LogP) is 1.68. The number of nitrogens with zero attached hydrogens (tertiary/aromatic N) is 3. The average molecular weight is 299 g/mol. The Kier molecular flexibility index (Phi) is 3.66. The summed E-state index contributed by atoms with van der Waals surface area (Å²) in [5.74, 6) is 1.87. The molecule has 1 amide bonds. The largest absolute Gasteiger partial charge is 0.311 e. The van der Waals surface area contributed by atoms with Crippen LogP contribution in [-0.2, 0) is 4.79 Å². The number of carbonyl (C=O) groups is 1. The van der Waals surface area contributed by atoms with Crippen LogP contribution < -0.4 is 4.90 Å². The quantitative estimate of drug-likeness (QED) is 0.831. The molecule has 4 nitrogen and oxygen atoms in total. The van der Waals surface area contributed by atoms with Crippen LogP contribution >= 0.6 is 0 Å². The van der Waals surface area contributed by atoms with Gasteiger partial charge in [-0.05, 0) is 50.4 Å². The van der Waals surface area contributed by atoms with Crippen LogP contribution in [0.1, 0.15) is 12.8 Å². The van der Waals surface area contributed by atoms with E-state index in [4.69, 9.17) is 0 Å². The molecule has 0 bridgehead atoms. The van der Waals surface area contributed by atoms with Gasteiger partial charge in [-0.15, -0.1) is 0 Å². The second kappa shape index (κ2) is 5.67. The Hall–Kier alpha value is -1.39. The van der Waals surface area contributed by atoms with Crippen molar-refractivity contribution in [3.05, 3.63) is 30.3 Å². The predicted molar refractivity (Wildman–Crippen MR) is 87.9 cm³/mol. The molecular formula is C18H25N3O. The molecule has 3 heterocycles. The highest BCUT2D eigenvalue weighted by molar-refractivity contribution is 5.99. The Morgan fingerprint density at radius 2 is 1.73 bits per heavy atom. The van der Waals surface area contributed by atoms with Gasteiger partial charge in [-0.2, -0.15) is 0 Å². The summed E-state index contributed by atoms with van der Waals surface area (Å²) >= 11 is 0. The molecule has 3 aliphatic heterocycles. The Morgan fingerprint density at radius 3 is 2.55 bits per heavy atom. The molecule has 3 aliphatic rings. The Morgan fingerprint density at radius 1 is 0.955 bits per heavy atom. The van der Waals surface area contributed by atoms with Gasteiger partial charge in [-0.25, -0.2) is 0 Å². The number of fused-ring (bicyclic) bond motifs is 1. The lowest BCUT2D eigenvalue weighted by Gasteiger charge is -2.31. The SMILES string of the molecule is CN1CC[C@H]2CN(C3CCN(c4ccccc4)C3=O)C[C@H]2C1. The van der Waals surface area contributed by atoms with Crippen molar-refractivity contribution in [3.63, 3.8) is 0 Å². The molecule has 22 heavy (non-hydrogen) atoms. The Bertz CT molecular complexity index is 547. The van der Waals surface area contributed by atoms with Crippen molar-refractivity contribution in [2.45, 2.75) is 18.9 Å². The van der Waals surface area contributed by atoms with Crippen molar-refractivity contribution < 1.29 is 4.79 Å². The fourth-order valence-electron chi connectivity index (χ4n) is 4.51. The number of para-hydroxylation sites is 1. The van der Waals surface area contributed by atoms with Crippen molar-refractivity contribution in [3.8, 4) is 0 Å². The van der Waals surface area contributed by atoms with E-state index in [1.54, 1.807) is 0 Å². The smallest absolute Gasteiger partial charge is 0.244 e. The molecule has 0 aromatic heterocycles. The maximum Gasteiger partial charge on any atom is 0.244 e. The summed E-state index contributed by atoms with van der Waals surface area (Å²) in [7, 11) is 2.22. The molecule has 0 saturated carbocycles. The van der Waals surface area contributed by atoms with Crippen LogP contribution in [0.3, 0.4) is 0 Å². The molecule has 4 rings (SSSR count). The number of hydrogen-bond donors (Lipinski definition) is 0. The third-order valence-electron chi connectivity index (χ3n) is 5.72. The van der Waals surface area contributed by atoms with Gasteiger partial charge in [0.1, 0.15) is 0 Å². The van der Waals surface area contributed by atoms with Crippen LogP contribution in [0.4, 0.5) is 5.69 Å². The fraction of sp³-hybridized carbons (Fsp3) is 0.611. The van der Waals surface area contributed by atoms with E-state index in [-0.39, 0.29) is 6.04 Å². The molecule has 1 aromatic rings. The number of benzene rings is 1. The molecule has 1 unspecified atom stereocenters. The van der Waals surface area contributed by atoms with Crippen LogP contribution in [0.15, 0.2) is 30.3 Å². The number of carbonyl (C=O) groups excluding carboxylic acids is 1. The Balaban J connectivity index is 1.45.